The predicted octanol–water partition coefficient (Wildman–Crippen LogP) is 5.44. The maximum Gasteiger partial charge on any atom is 0.264 e. The first-order valence-electron chi connectivity index (χ1n) is 10.4. The molecule has 1 aliphatic heterocycles. The highest BCUT2D eigenvalue weighted by atomic mass is 32.2. The van der Waals surface area contributed by atoms with Crippen LogP contribution in [-0.2, 0) is 16.5 Å². The summed E-state index contributed by atoms with van der Waals surface area (Å²) in [7, 11) is -4.13. The van der Waals surface area contributed by atoms with Gasteiger partial charge in [-0.05, 0) is 55.2 Å². The van der Waals surface area contributed by atoms with Crippen LogP contribution in [0.5, 0.6) is 0 Å². The molecule has 1 unspecified atom stereocenters. The Morgan fingerprint density at radius 3 is 2.52 bits per heavy atom. The van der Waals surface area contributed by atoms with Crippen LogP contribution < -0.4 is 4.90 Å². The van der Waals surface area contributed by atoms with E-state index in [1.807, 2.05) is 18.2 Å². The zero-order valence-electron chi connectivity index (χ0n) is 17.3. The molecule has 8 heteroatoms. The Bertz CT molecular complexity index is 1150. The number of benzene rings is 2. The van der Waals surface area contributed by atoms with Crippen molar-refractivity contribution in [1.82, 2.24) is 9.97 Å². The third-order valence-electron chi connectivity index (χ3n) is 5.29. The number of aromatic nitrogens is 2. The molecule has 1 N–H and O–H groups in total. The smallest absolute Gasteiger partial charge is 0.264 e. The second kappa shape index (κ2) is 9.38. The summed E-state index contributed by atoms with van der Waals surface area (Å²) in [5, 5.41) is 0. The van der Waals surface area contributed by atoms with E-state index in [1.54, 1.807) is 30.2 Å². The molecule has 0 spiro atoms. The number of fused-ring (bicyclic) bond motifs is 2. The molecule has 1 aliphatic rings. The Labute approximate surface area is 187 Å². The number of nitrogens with zero attached hydrogens (tertiary/aromatic N) is 3. The van der Waals surface area contributed by atoms with E-state index in [9.17, 15) is 13.0 Å². The number of hydrogen-bond acceptors (Lipinski definition) is 6. The molecule has 6 nitrogen and oxygen atoms in total. The third kappa shape index (κ3) is 5.08. The van der Waals surface area contributed by atoms with Crippen molar-refractivity contribution in [2.24, 2.45) is 0 Å². The summed E-state index contributed by atoms with van der Waals surface area (Å²) in [5.41, 5.74) is 3.25. The third-order valence-corrected chi connectivity index (χ3v) is 7.17. The van der Waals surface area contributed by atoms with Crippen LogP contribution in [0.15, 0.2) is 70.7 Å². The van der Waals surface area contributed by atoms with E-state index >= 15 is 0 Å². The topological polar surface area (TPSA) is 83.4 Å². The first-order valence-corrected chi connectivity index (χ1v) is 12.8. The molecule has 0 saturated heterocycles. The van der Waals surface area contributed by atoms with Gasteiger partial charge in [-0.25, -0.2) is 9.97 Å². The molecule has 4 rings (SSSR count). The van der Waals surface area contributed by atoms with E-state index in [-0.39, 0.29) is 12.2 Å². The highest BCUT2D eigenvalue weighted by Gasteiger charge is 2.32. The maximum absolute atomic E-state index is 11.6. The molecule has 1 atom stereocenters. The number of rotatable bonds is 8. The minimum absolute atomic E-state index is 0.167. The molecule has 1 aromatic heterocycles. The van der Waals surface area contributed by atoms with Gasteiger partial charge in [-0.3, -0.25) is 4.55 Å². The van der Waals surface area contributed by atoms with E-state index in [0.717, 1.165) is 40.4 Å². The number of unbranched alkanes of at least 4 members (excludes halogenated alkanes) is 1. The average molecular weight is 456 g/mol. The molecule has 0 bridgehead atoms. The molecule has 162 valence electrons. The van der Waals surface area contributed by atoms with Crippen LogP contribution in [0.3, 0.4) is 0 Å². The molecule has 0 aliphatic carbocycles. The molecule has 0 radical (unpaired) electrons. The van der Waals surface area contributed by atoms with Gasteiger partial charge in [-0.2, -0.15) is 8.42 Å². The minimum atomic E-state index is -4.13. The molecule has 0 amide bonds. The summed E-state index contributed by atoms with van der Waals surface area (Å²) < 4.78 is 32.7. The van der Waals surface area contributed by atoms with Gasteiger partial charge in [0.25, 0.3) is 10.1 Å². The molecule has 2 aromatic carbocycles. The van der Waals surface area contributed by atoms with E-state index in [4.69, 9.17) is 0 Å². The van der Waals surface area contributed by atoms with Crippen molar-refractivity contribution >= 4 is 33.3 Å². The Morgan fingerprint density at radius 2 is 1.77 bits per heavy atom. The van der Waals surface area contributed by atoms with Crippen molar-refractivity contribution in [1.29, 1.82) is 0 Å². The van der Waals surface area contributed by atoms with Crippen molar-refractivity contribution < 1.29 is 13.0 Å². The fourth-order valence-corrected chi connectivity index (χ4v) is 5.39. The monoisotopic (exact) mass is 455 g/mol. The maximum atomic E-state index is 11.6. The van der Waals surface area contributed by atoms with Gasteiger partial charge < -0.3 is 4.90 Å². The van der Waals surface area contributed by atoms with E-state index in [0.29, 0.717) is 5.82 Å². The van der Waals surface area contributed by atoms with Gasteiger partial charge in [0, 0.05) is 22.2 Å². The lowest BCUT2D eigenvalue weighted by Crippen LogP contribution is -2.29. The normalized spacial score (nSPS) is 14.1. The van der Waals surface area contributed by atoms with Crippen molar-refractivity contribution in [2.45, 2.75) is 48.4 Å². The molecular weight excluding hydrogens is 430 g/mol. The molecule has 0 saturated carbocycles. The summed E-state index contributed by atoms with van der Waals surface area (Å²) in [6, 6.07) is 15.9. The average Bonchev–Trinajstić information content (AvgIpc) is 2.77. The van der Waals surface area contributed by atoms with Gasteiger partial charge in [0.05, 0.1) is 23.2 Å². The number of aryl methyl sites for hydroxylation is 1. The van der Waals surface area contributed by atoms with Crippen molar-refractivity contribution in [3.63, 3.8) is 0 Å². The quantitative estimate of drug-likeness (QED) is 0.453. The van der Waals surface area contributed by atoms with Crippen LogP contribution in [-0.4, -0.2) is 28.7 Å². The standard InChI is InChI=1S/C23H25N3O3S2/c1-2-3-7-17-10-11-22-20(16-17)26(18-8-4-5-9-21(18)30-22)19(12-15-31(27,28)29)23-24-13-6-14-25-23/h4-6,8-11,13-14,16,19H,2-3,7,12,15H2,1H3,(H,27,28,29). The van der Waals surface area contributed by atoms with Crippen LogP contribution in [0, 0.1) is 0 Å². The minimum Gasteiger partial charge on any atom is -0.329 e. The van der Waals surface area contributed by atoms with Gasteiger partial charge >= 0.3 is 0 Å². The zero-order chi connectivity index (χ0) is 21.8. The van der Waals surface area contributed by atoms with E-state index in [1.165, 1.54) is 5.56 Å². The second-order valence-corrected chi connectivity index (χ2v) is 10.2. The molecule has 31 heavy (non-hydrogen) atoms. The lowest BCUT2D eigenvalue weighted by molar-refractivity contribution is 0.476. The first kappa shape index (κ1) is 21.8. The number of para-hydroxylation sites is 1. The first-order chi connectivity index (χ1) is 15.0. The highest BCUT2D eigenvalue weighted by Crippen LogP contribution is 2.51. The summed E-state index contributed by atoms with van der Waals surface area (Å²) >= 11 is 1.70. The molecular formula is C23H25N3O3S2. The van der Waals surface area contributed by atoms with Crippen LogP contribution in [0.4, 0.5) is 11.4 Å². The Kier molecular flexibility index (Phi) is 6.60. The lowest BCUT2D eigenvalue weighted by atomic mass is 10.0. The zero-order valence-corrected chi connectivity index (χ0v) is 18.9. The van der Waals surface area contributed by atoms with Crippen molar-refractivity contribution in [3.05, 3.63) is 72.3 Å². The lowest BCUT2D eigenvalue weighted by Gasteiger charge is -2.38. The van der Waals surface area contributed by atoms with Gasteiger partial charge in [0.1, 0.15) is 0 Å². The van der Waals surface area contributed by atoms with Crippen molar-refractivity contribution in [2.75, 3.05) is 10.7 Å². The van der Waals surface area contributed by atoms with Crippen LogP contribution in [0.25, 0.3) is 0 Å². The SMILES string of the molecule is CCCCc1ccc2c(c1)N(C(CCS(=O)(=O)O)c1ncccn1)c1ccccc1S2. The van der Waals surface area contributed by atoms with E-state index < -0.39 is 16.2 Å². The Morgan fingerprint density at radius 1 is 1.03 bits per heavy atom. The van der Waals surface area contributed by atoms with Crippen LogP contribution in [0.1, 0.15) is 43.6 Å². The van der Waals surface area contributed by atoms with Crippen LogP contribution >= 0.6 is 11.8 Å². The summed E-state index contributed by atoms with van der Waals surface area (Å²) in [4.78, 5) is 13.2. The molecule has 3 aromatic rings. The highest BCUT2D eigenvalue weighted by molar-refractivity contribution is 7.99. The fourth-order valence-electron chi connectivity index (χ4n) is 3.82. The van der Waals surface area contributed by atoms with Gasteiger partial charge in [-0.15, -0.1) is 0 Å². The van der Waals surface area contributed by atoms with Crippen LogP contribution in [0.2, 0.25) is 0 Å². The summed E-state index contributed by atoms with van der Waals surface area (Å²) in [6.07, 6.45) is 6.70. The number of hydrogen-bond donors (Lipinski definition) is 1. The van der Waals surface area contributed by atoms with Gasteiger partial charge in [0.2, 0.25) is 0 Å². The fraction of sp³-hybridized carbons (Fsp3) is 0.304. The largest absolute Gasteiger partial charge is 0.329 e. The summed E-state index contributed by atoms with van der Waals surface area (Å²) in [6.45, 7) is 2.18. The Hall–Kier alpha value is -2.42. The number of anilines is 2. The van der Waals surface area contributed by atoms with Crippen molar-refractivity contribution in [3.8, 4) is 0 Å². The van der Waals surface area contributed by atoms with Gasteiger partial charge in [0.15, 0.2) is 5.82 Å². The second-order valence-electron chi connectivity index (χ2n) is 7.54. The van der Waals surface area contributed by atoms with E-state index in [2.05, 4.69) is 46.1 Å². The Balaban J connectivity index is 1.85. The summed E-state index contributed by atoms with van der Waals surface area (Å²) in [5.74, 6) is 0.157. The molecule has 2 heterocycles. The van der Waals surface area contributed by atoms with Gasteiger partial charge in [-0.1, -0.05) is 43.3 Å². The predicted molar refractivity (Wildman–Crippen MR) is 124 cm³/mol. The molecule has 0 fully saturated rings.